The molecule has 3 aliphatic rings. The summed E-state index contributed by atoms with van der Waals surface area (Å²) in [6.45, 7) is 4.54. The number of nitrogens with one attached hydrogen (secondary N) is 1. The van der Waals surface area contributed by atoms with Gasteiger partial charge in [0.1, 0.15) is 5.82 Å². The molecule has 1 aromatic heterocycles. The van der Waals surface area contributed by atoms with E-state index in [1.165, 1.54) is 4.31 Å². The van der Waals surface area contributed by atoms with Crippen molar-refractivity contribution in [1.82, 2.24) is 9.29 Å². The number of piperidine rings is 1. The molecule has 2 amide bonds. The van der Waals surface area contributed by atoms with E-state index in [0.717, 1.165) is 36.1 Å². The average Bonchev–Trinajstić information content (AvgIpc) is 3.13. The lowest BCUT2D eigenvalue weighted by molar-refractivity contribution is -0.125. The summed E-state index contributed by atoms with van der Waals surface area (Å²) in [5, 5.41) is 2.85. The van der Waals surface area contributed by atoms with E-state index < -0.39 is 10.0 Å². The number of amides is 2. The van der Waals surface area contributed by atoms with Crippen molar-refractivity contribution in [1.29, 1.82) is 0 Å². The molecule has 186 valence electrons. The number of benzene rings is 1. The van der Waals surface area contributed by atoms with Crippen molar-refractivity contribution in [2.45, 2.75) is 63.3 Å². The van der Waals surface area contributed by atoms with Gasteiger partial charge in [-0.2, -0.15) is 4.31 Å². The van der Waals surface area contributed by atoms with Crippen LogP contribution in [0.3, 0.4) is 0 Å². The maximum Gasteiger partial charge on any atom is 0.243 e. The first-order chi connectivity index (χ1) is 16.7. The van der Waals surface area contributed by atoms with Gasteiger partial charge < -0.3 is 10.2 Å². The van der Waals surface area contributed by atoms with E-state index in [1.54, 1.807) is 24.4 Å². The quantitative estimate of drug-likeness (QED) is 0.683. The molecule has 0 unspecified atom stereocenters. The molecule has 1 saturated heterocycles. The summed E-state index contributed by atoms with van der Waals surface area (Å²) in [6, 6.07) is 8.85. The molecule has 1 aliphatic carbocycles. The largest absolute Gasteiger partial charge is 0.310 e. The third-order valence-corrected chi connectivity index (χ3v) is 9.48. The second-order valence-electron chi connectivity index (χ2n) is 10.1. The van der Waals surface area contributed by atoms with Crippen molar-refractivity contribution in [2.75, 3.05) is 23.3 Å². The van der Waals surface area contributed by atoms with E-state index in [0.29, 0.717) is 38.2 Å². The highest BCUT2D eigenvalue weighted by Crippen LogP contribution is 2.38. The molecule has 9 heteroatoms. The third kappa shape index (κ3) is 4.59. The highest BCUT2D eigenvalue weighted by Gasteiger charge is 2.38. The van der Waals surface area contributed by atoms with Gasteiger partial charge in [0, 0.05) is 42.9 Å². The second-order valence-corrected chi connectivity index (χ2v) is 12.0. The smallest absolute Gasteiger partial charge is 0.243 e. The van der Waals surface area contributed by atoms with Crippen LogP contribution in [0.2, 0.25) is 0 Å². The van der Waals surface area contributed by atoms with Crippen LogP contribution >= 0.6 is 0 Å². The fraction of sp³-hybridized carbons (Fsp3) is 0.500. The molecule has 1 aromatic carbocycles. The number of hydrogen-bond donors (Lipinski definition) is 1. The van der Waals surface area contributed by atoms with E-state index in [2.05, 4.69) is 10.3 Å². The summed E-state index contributed by atoms with van der Waals surface area (Å²) in [5.74, 6) is 0.409. The zero-order valence-electron chi connectivity index (χ0n) is 20.2. The molecule has 35 heavy (non-hydrogen) atoms. The fourth-order valence-corrected chi connectivity index (χ4v) is 6.82. The summed E-state index contributed by atoms with van der Waals surface area (Å²) in [4.78, 5) is 31.9. The van der Waals surface area contributed by atoms with Crippen LogP contribution in [-0.2, 0) is 26.0 Å². The Kier molecular flexibility index (Phi) is 6.40. The highest BCUT2D eigenvalue weighted by molar-refractivity contribution is 7.89. The van der Waals surface area contributed by atoms with E-state index >= 15 is 0 Å². The number of carbonyl (C=O) groups is 2. The number of sulfonamides is 1. The standard InChI is InChI=1S/C26H32N4O4S/c1-17-8-11-27-24(14-17)28-25(31)19-9-12-29(13-10-19)35(33,34)22-6-7-23-21(16-22)15-18(2)30(23)26(32)20-4-3-5-20/h6-8,11,14,16,18-20H,3-5,9-10,12-13,15H2,1-2H3,(H,27,28,31)/t18-/m1/s1. The Morgan fingerprint density at radius 2 is 1.77 bits per heavy atom. The first-order valence-electron chi connectivity index (χ1n) is 12.4. The van der Waals surface area contributed by atoms with Gasteiger partial charge in [-0.3, -0.25) is 9.59 Å². The second kappa shape index (κ2) is 9.35. The predicted octanol–water partition coefficient (Wildman–Crippen LogP) is 3.51. The third-order valence-electron chi connectivity index (χ3n) is 7.59. The first kappa shape index (κ1) is 23.9. The highest BCUT2D eigenvalue weighted by atomic mass is 32.2. The number of hydrogen-bond acceptors (Lipinski definition) is 5. The van der Waals surface area contributed by atoms with Crippen molar-refractivity contribution in [3.8, 4) is 0 Å². The molecule has 0 bridgehead atoms. The number of rotatable bonds is 5. The van der Waals surface area contributed by atoms with Crippen molar-refractivity contribution >= 4 is 33.3 Å². The number of pyridine rings is 1. The molecule has 5 rings (SSSR count). The van der Waals surface area contributed by atoms with Gasteiger partial charge in [0.2, 0.25) is 21.8 Å². The first-order valence-corrected chi connectivity index (χ1v) is 13.9. The number of aromatic nitrogens is 1. The lowest BCUT2D eigenvalue weighted by Crippen LogP contribution is -2.42. The van der Waals surface area contributed by atoms with Gasteiger partial charge in [0.25, 0.3) is 0 Å². The van der Waals surface area contributed by atoms with E-state index in [1.807, 2.05) is 30.9 Å². The van der Waals surface area contributed by atoms with Crippen LogP contribution < -0.4 is 10.2 Å². The van der Waals surface area contributed by atoms with Crippen LogP contribution in [0.25, 0.3) is 0 Å². The molecular formula is C26H32N4O4S. The van der Waals surface area contributed by atoms with Gasteiger partial charge in [0.05, 0.1) is 4.90 Å². The van der Waals surface area contributed by atoms with Crippen molar-refractivity contribution in [3.63, 3.8) is 0 Å². The molecule has 1 atom stereocenters. The molecule has 0 spiro atoms. The Hall–Kier alpha value is -2.78. The normalized spacial score (nSPS) is 21.4. The monoisotopic (exact) mass is 496 g/mol. The summed E-state index contributed by atoms with van der Waals surface area (Å²) >= 11 is 0. The summed E-state index contributed by atoms with van der Waals surface area (Å²) < 4.78 is 28.2. The average molecular weight is 497 g/mol. The van der Waals surface area contributed by atoms with Gasteiger partial charge in [-0.05, 0) is 87.4 Å². The lowest BCUT2D eigenvalue weighted by atomic mass is 9.84. The molecule has 2 fully saturated rings. The fourth-order valence-electron chi connectivity index (χ4n) is 5.30. The zero-order chi connectivity index (χ0) is 24.7. The van der Waals surface area contributed by atoms with E-state index in [-0.39, 0.29) is 34.6 Å². The molecule has 1 saturated carbocycles. The molecule has 1 N–H and O–H groups in total. The van der Waals surface area contributed by atoms with Gasteiger partial charge in [-0.25, -0.2) is 13.4 Å². The molecule has 2 aromatic rings. The summed E-state index contributed by atoms with van der Waals surface area (Å²) in [6.07, 6.45) is 6.22. The Bertz CT molecular complexity index is 1250. The number of fused-ring (bicyclic) bond motifs is 1. The zero-order valence-corrected chi connectivity index (χ0v) is 21.1. The minimum absolute atomic E-state index is 0.0354. The van der Waals surface area contributed by atoms with Gasteiger partial charge in [-0.15, -0.1) is 0 Å². The molecule has 0 radical (unpaired) electrons. The maximum atomic E-state index is 13.4. The molecule has 8 nitrogen and oxygen atoms in total. The Morgan fingerprint density at radius 3 is 2.43 bits per heavy atom. The summed E-state index contributed by atoms with van der Waals surface area (Å²) in [5.41, 5.74) is 2.76. The van der Waals surface area contributed by atoms with Crippen LogP contribution in [0.15, 0.2) is 41.4 Å². The van der Waals surface area contributed by atoms with Gasteiger partial charge in [-0.1, -0.05) is 6.42 Å². The number of anilines is 2. The maximum absolute atomic E-state index is 13.4. The van der Waals surface area contributed by atoms with Crippen molar-refractivity contribution in [3.05, 3.63) is 47.7 Å². The number of carbonyl (C=O) groups excluding carboxylic acids is 2. The van der Waals surface area contributed by atoms with Crippen LogP contribution in [0.4, 0.5) is 11.5 Å². The summed E-state index contributed by atoms with van der Waals surface area (Å²) in [7, 11) is -3.68. The number of aryl methyl sites for hydroxylation is 1. The van der Waals surface area contributed by atoms with Crippen molar-refractivity contribution in [2.24, 2.45) is 11.8 Å². The van der Waals surface area contributed by atoms with Crippen LogP contribution in [0.1, 0.15) is 50.2 Å². The topological polar surface area (TPSA) is 99.7 Å². The van der Waals surface area contributed by atoms with Crippen molar-refractivity contribution < 1.29 is 18.0 Å². The number of nitrogens with zero attached hydrogens (tertiary/aromatic N) is 3. The van der Waals surface area contributed by atoms with Gasteiger partial charge >= 0.3 is 0 Å². The van der Waals surface area contributed by atoms with Crippen LogP contribution in [0.5, 0.6) is 0 Å². The minimum atomic E-state index is -3.68. The Labute approximate surface area is 206 Å². The van der Waals surface area contributed by atoms with Crippen LogP contribution in [0, 0.1) is 18.8 Å². The molecule has 2 aliphatic heterocycles. The van der Waals surface area contributed by atoms with Crippen LogP contribution in [-0.4, -0.2) is 48.7 Å². The SMILES string of the molecule is Cc1ccnc(NC(=O)C2CCN(S(=O)(=O)c3ccc4c(c3)C[C@@H](C)N4C(=O)C3CCC3)CC2)c1. The lowest BCUT2D eigenvalue weighted by Gasteiger charge is -2.32. The predicted molar refractivity (Wildman–Crippen MR) is 134 cm³/mol. The van der Waals surface area contributed by atoms with Gasteiger partial charge in [0.15, 0.2) is 0 Å². The molecular weight excluding hydrogens is 464 g/mol. The van der Waals surface area contributed by atoms with E-state index in [4.69, 9.17) is 0 Å². The molecule has 3 heterocycles. The van der Waals surface area contributed by atoms with E-state index in [9.17, 15) is 18.0 Å². The Balaban J connectivity index is 1.25. The minimum Gasteiger partial charge on any atom is -0.310 e. The Morgan fingerprint density at radius 1 is 1.03 bits per heavy atom.